The number of aromatic nitrogens is 2. The number of hydrogen-bond acceptors (Lipinski definition) is 3. The first-order valence-corrected chi connectivity index (χ1v) is 6.67. The van der Waals surface area contributed by atoms with Gasteiger partial charge in [0.05, 0.1) is 0 Å². The van der Waals surface area contributed by atoms with Gasteiger partial charge in [0, 0.05) is 19.3 Å². The first-order valence-electron chi connectivity index (χ1n) is 6.67. The Morgan fingerprint density at radius 2 is 1.89 bits per heavy atom. The van der Waals surface area contributed by atoms with Crippen LogP contribution in [-0.2, 0) is 4.79 Å². The molecule has 1 aromatic heterocycles. The normalized spacial score (nSPS) is 17.8. The minimum absolute atomic E-state index is 0.0989. The smallest absolute Gasteiger partial charge is 0.328 e. The summed E-state index contributed by atoms with van der Waals surface area (Å²) in [6.45, 7) is 3.07. The van der Waals surface area contributed by atoms with Crippen LogP contribution in [0.15, 0.2) is 12.3 Å². The third-order valence-electron chi connectivity index (χ3n) is 3.47. The zero-order valence-electron chi connectivity index (χ0n) is 11.1. The second kappa shape index (κ2) is 5.86. The SMILES string of the molecule is CC(C(=O)O)n1ccc(C(=O)N2CCCCCC2)n1. The molecule has 1 unspecified atom stereocenters. The van der Waals surface area contributed by atoms with E-state index in [1.807, 2.05) is 4.90 Å². The van der Waals surface area contributed by atoms with E-state index in [0.717, 1.165) is 38.8 Å². The van der Waals surface area contributed by atoms with Gasteiger partial charge in [0.2, 0.25) is 0 Å². The van der Waals surface area contributed by atoms with Crippen molar-refractivity contribution in [2.24, 2.45) is 0 Å². The van der Waals surface area contributed by atoms with Crippen molar-refractivity contribution in [3.05, 3.63) is 18.0 Å². The van der Waals surface area contributed by atoms with Gasteiger partial charge >= 0.3 is 5.97 Å². The van der Waals surface area contributed by atoms with Crippen LogP contribution in [0.25, 0.3) is 0 Å². The van der Waals surface area contributed by atoms with Gasteiger partial charge in [-0.05, 0) is 25.8 Å². The Kier molecular flexibility index (Phi) is 4.19. The molecule has 0 spiro atoms. The van der Waals surface area contributed by atoms with Gasteiger partial charge in [-0.3, -0.25) is 9.48 Å². The van der Waals surface area contributed by atoms with E-state index in [2.05, 4.69) is 5.10 Å². The van der Waals surface area contributed by atoms with E-state index >= 15 is 0 Å². The van der Waals surface area contributed by atoms with Crippen molar-refractivity contribution in [3.63, 3.8) is 0 Å². The molecule has 104 valence electrons. The molecule has 2 heterocycles. The molecule has 0 saturated carbocycles. The van der Waals surface area contributed by atoms with E-state index in [9.17, 15) is 9.59 Å². The lowest BCUT2D eigenvalue weighted by molar-refractivity contribution is -0.140. The molecule has 6 nitrogen and oxygen atoms in total. The number of carbonyl (C=O) groups is 2. The van der Waals surface area contributed by atoms with Crippen LogP contribution in [-0.4, -0.2) is 44.8 Å². The minimum Gasteiger partial charge on any atom is -0.480 e. The first kappa shape index (κ1) is 13.6. The van der Waals surface area contributed by atoms with Crippen LogP contribution >= 0.6 is 0 Å². The maximum atomic E-state index is 12.3. The fourth-order valence-corrected chi connectivity index (χ4v) is 2.22. The van der Waals surface area contributed by atoms with Crippen LogP contribution in [0.1, 0.15) is 49.1 Å². The summed E-state index contributed by atoms with van der Waals surface area (Å²) in [4.78, 5) is 24.9. The molecule has 1 N–H and O–H groups in total. The standard InChI is InChI=1S/C13H19N3O3/c1-10(13(18)19)16-9-6-11(14-16)12(17)15-7-4-2-3-5-8-15/h6,9-10H,2-5,7-8H2,1H3,(H,18,19). The van der Waals surface area contributed by atoms with Crippen molar-refractivity contribution < 1.29 is 14.7 Å². The van der Waals surface area contributed by atoms with Gasteiger partial charge in [-0.15, -0.1) is 0 Å². The number of carboxylic acids is 1. The largest absolute Gasteiger partial charge is 0.480 e. The van der Waals surface area contributed by atoms with Crippen molar-refractivity contribution in [2.75, 3.05) is 13.1 Å². The van der Waals surface area contributed by atoms with Crippen LogP contribution in [0, 0.1) is 0 Å². The molecule has 0 radical (unpaired) electrons. The highest BCUT2D eigenvalue weighted by molar-refractivity contribution is 5.92. The lowest BCUT2D eigenvalue weighted by Gasteiger charge is -2.18. The van der Waals surface area contributed by atoms with Crippen molar-refractivity contribution in [1.82, 2.24) is 14.7 Å². The van der Waals surface area contributed by atoms with Gasteiger partial charge in [-0.1, -0.05) is 12.8 Å². The first-order chi connectivity index (χ1) is 9.09. The molecule has 1 atom stereocenters. The number of rotatable bonds is 3. The van der Waals surface area contributed by atoms with Crippen molar-refractivity contribution in [3.8, 4) is 0 Å². The summed E-state index contributed by atoms with van der Waals surface area (Å²) < 4.78 is 1.31. The van der Waals surface area contributed by atoms with Gasteiger partial charge in [-0.25, -0.2) is 4.79 Å². The zero-order valence-corrected chi connectivity index (χ0v) is 11.1. The van der Waals surface area contributed by atoms with Crippen LogP contribution in [0.3, 0.4) is 0 Å². The summed E-state index contributed by atoms with van der Waals surface area (Å²) in [6.07, 6.45) is 5.92. The highest BCUT2D eigenvalue weighted by Gasteiger charge is 2.21. The highest BCUT2D eigenvalue weighted by Crippen LogP contribution is 2.13. The molecule has 0 aromatic carbocycles. The monoisotopic (exact) mass is 265 g/mol. The van der Waals surface area contributed by atoms with Gasteiger partial charge in [-0.2, -0.15) is 5.10 Å². The Labute approximate surface area is 112 Å². The molecular formula is C13H19N3O3. The number of hydrogen-bond donors (Lipinski definition) is 1. The third-order valence-corrected chi connectivity index (χ3v) is 3.47. The molecule has 1 aliphatic heterocycles. The van der Waals surface area contributed by atoms with Gasteiger partial charge in [0.1, 0.15) is 11.7 Å². The number of carbonyl (C=O) groups excluding carboxylic acids is 1. The highest BCUT2D eigenvalue weighted by atomic mass is 16.4. The molecule has 0 aliphatic carbocycles. The molecule has 1 fully saturated rings. The summed E-state index contributed by atoms with van der Waals surface area (Å²) in [5.74, 6) is -1.06. The Morgan fingerprint density at radius 3 is 2.47 bits per heavy atom. The van der Waals surface area contributed by atoms with E-state index in [0.29, 0.717) is 5.69 Å². The predicted octanol–water partition coefficient (Wildman–Crippen LogP) is 1.54. The van der Waals surface area contributed by atoms with E-state index in [1.54, 1.807) is 12.3 Å². The summed E-state index contributed by atoms with van der Waals surface area (Å²) in [6, 6.07) is 0.831. The molecule has 2 rings (SSSR count). The fourth-order valence-electron chi connectivity index (χ4n) is 2.22. The summed E-state index contributed by atoms with van der Waals surface area (Å²) >= 11 is 0. The quantitative estimate of drug-likeness (QED) is 0.899. The Bertz CT molecular complexity index is 461. The van der Waals surface area contributed by atoms with Crippen LogP contribution < -0.4 is 0 Å². The molecule has 19 heavy (non-hydrogen) atoms. The summed E-state index contributed by atoms with van der Waals surface area (Å²) in [7, 11) is 0. The van der Waals surface area contributed by atoms with E-state index in [-0.39, 0.29) is 5.91 Å². The number of nitrogens with zero attached hydrogens (tertiary/aromatic N) is 3. The van der Waals surface area contributed by atoms with Crippen LogP contribution in [0.2, 0.25) is 0 Å². The second-order valence-electron chi connectivity index (χ2n) is 4.90. The number of likely N-dealkylation sites (tertiary alicyclic amines) is 1. The molecule has 1 saturated heterocycles. The lowest BCUT2D eigenvalue weighted by atomic mass is 10.2. The maximum Gasteiger partial charge on any atom is 0.328 e. The molecular weight excluding hydrogens is 246 g/mol. The molecule has 1 aliphatic rings. The molecule has 1 amide bonds. The summed E-state index contributed by atoms with van der Waals surface area (Å²) in [5.41, 5.74) is 0.329. The Balaban J connectivity index is 2.08. The van der Waals surface area contributed by atoms with Crippen LogP contribution in [0.4, 0.5) is 0 Å². The fraction of sp³-hybridized carbons (Fsp3) is 0.615. The third kappa shape index (κ3) is 3.13. The van der Waals surface area contributed by atoms with E-state index < -0.39 is 12.0 Å². The van der Waals surface area contributed by atoms with E-state index in [4.69, 9.17) is 5.11 Å². The zero-order chi connectivity index (χ0) is 13.8. The second-order valence-corrected chi connectivity index (χ2v) is 4.90. The van der Waals surface area contributed by atoms with Crippen molar-refractivity contribution in [1.29, 1.82) is 0 Å². The number of amides is 1. The number of aliphatic carboxylic acids is 1. The van der Waals surface area contributed by atoms with Crippen LogP contribution in [0.5, 0.6) is 0 Å². The molecule has 6 heteroatoms. The average molecular weight is 265 g/mol. The summed E-state index contributed by atoms with van der Waals surface area (Å²) in [5, 5.41) is 13.0. The predicted molar refractivity (Wildman–Crippen MR) is 68.9 cm³/mol. The topological polar surface area (TPSA) is 75.4 Å². The van der Waals surface area contributed by atoms with Gasteiger partial charge < -0.3 is 10.0 Å². The Morgan fingerprint density at radius 1 is 1.26 bits per heavy atom. The molecule has 0 bridgehead atoms. The maximum absolute atomic E-state index is 12.3. The Hall–Kier alpha value is -1.85. The number of carboxylic acid groups (broad SMARTS) is 1. The van der Waals surface area contributed by atoms with Gasteiger partial charge in [0.15, 0.2) is 0 Å². The van der Waals surface area contributed by atoms with Crippen molar-refractivity contribution >= 4 is 11.9 Å². The average Bonchev–Trinajstić information content (AvgIpc) is 2.72. The van der Waals surface area contributed by atoms with E-state index in [1.165, 1.54) is 11.6 Å². The minimum atomic E-state index is -0.961. The van der Waals surface area contributed by atoms with Crippen molar-refractivity contribution in [2.45, 2.75) is 38.6 Å². The molecule has 1 aromatic rings. The van der Waals surface area contributed by atoms with Gasteiger partial charge in [0.25, 0.3) is 5.91 Å². The lowest BCUT2D eigenvalue weighted by Crippen LogP contribution is -2.32.